The lowest BCUT2D eigenvalue weighted by Crippen LogP contribution is -1.95. The summed E-state index contributed by atoms with van der Waals surface area (Å²) in [6.07, 6.45) is 1.79. The summed E-state index contributed by atoms with van der Waals surface area (Å²) in [5, 5.41) is 9.82. The number of nitrogens with zero attached hydrogens (tertiary/aromatic N) is 2. The van der Waals surface area contributed by atoms with Gasteiger partial charge in [-0.1, -0.05) is 18.2 Å². The largest absolute Gasteiger partial charge is 0.491 e. The molecule has 5 heteroatoms. The Kier molecular flexibility index (Phi) is 3.44. The summed E-state index contributed by atoms with van der Waals surface area (Å²) in [7, 11) is 1.55. The molecule has 5 nitrogen and oxygen atoms in total. The summed E-state index contributed by atoms with van der Waals surface area (Å²) < 4.78 is 11.1. The van der Waals surface area contributed by atoms with Crippen molar-refractivity contribution < 1.29 is 9.47 Å². The van der Waals surface area contributed by atoms with Crippen LogP contribution in [0.15, 0.2) is 42.6 Å². The zero-order chi connectivity index (χ0) is 14.7. The van der Waals surface area contributed by atoms with Crippen molar-refractivity contribution in [2.75, 3.05) is 7.11 Å². The van der Waals surface area contributed by atoms with Crippen LogP contribution >= 0.6 is 0 Å². The van der Waals surface area contributed by atoms with Crippen molar-refractivity contribution in [3.8, 4) is 23.4 Å². The fraction of sp³-hybridized carbons (Fsp3) is 0.125. The average molecular weight is 279 g/mol. The molecule has 0 radical (unpaired) electrons. The van der Waals surface area contributed by atoms with Crippen molar-refractivity contribution in [2.24, 2.45) is 0 Å². The lowest BCUT2D eigenvalue weighted by atomic mass is 10.2. The van der Waals surface area contributed by atoms with Gasteiger partial charge in [-0.2, -0.15) is 5.26 Å². The molecule has 2 aromatic heterocycles. The summed E-state index contributed by atoms with van der Waals surface area (Å²) in [5.41, 5.74) is 1.64. The van der Waals surface area contributed by atoms with Crippen LogP contribution in [0.3, 0.4) is 0 Å². The lowest BCUT2D eigenvalue weighted by Gasteiger charge is -2.09. The molecule has 0 saturated carbocycles. The standard InChI is InChI=1S/C16H13N3O2/c1-20-15-10-18-12(6-7-17)9-14(15)21-16-8-11-4-2-3-5-13(11)19-16/h2-5,8-10,19H,6H2,1H3. The van der Waals surface area contributed by atoms with Gasteiger partial charge in [0, 0.05) is 23.0 Å². The highest BCUT2D eigenvalue weighted by molar-refractivity contribution is 5.81. The molecule has 0 spiro atoms. The van der Waals surface area contributed by atoms with Gasteiger partial charge in [-0.05, 0) is 6.07 Å². The first-order chi connectivity index (χ1) is 10.3. The van der Waals surface area contributed by atoms with Crippen LogP contribution in [0, 0.1) is 11.3 Å². The Morgan fingerprint density at radius 2 is 2.10 bits per heavy atom. The zero-order valence-electron chi connectivity index (χ0n) is 11.5. The number of para-hydroxylation sites is 1. The van der Waals surface area contributed by atoms with E-state index < -0.39 is 0 Å². The van der Waals surface area contributed by atoms with Crippen LogP contribution in [0.25, 0.3) is 10.9 Å². The number of ether oxygens (including phenoxy) is 2. The number of rotatable bonds is 4. The number of methoxy groups -OCH3 is 1. The van der Waals surface area contributed by atoms with Gasteiger partial charge >= 0.3 is 0 Å². The number of H-pyrrole nitrogens is 1. The molecule has 0 bridgehead atoms. The smallest absolute Gasteiger partial charge is 0.198 e. The first-order valence-electron chi connectivity index (χ1n) is 6.45. The predicted octanol–water partition coefficient (Wildman–Crippen LogP) is 3.43. The summed E-state index contributed by atoms with van der Waals surface area (Å²) in [6, 6.07) is 13.6. The molecule has 3 rings (SSSR count). The molecule has 0 saturated heterocycles. The number of benzene rings is 1. The first-order valence-corrected chi connectivity index (χ1v) is 6.45. The molecule has 0 aliphatic heterocycles. The second kappa shape index (κ2) is 5.55. The van der Waals surface area contributed by atoms with Crippen LogP contribution in [-0.2, 0) is 6.42 Å². The van der Waals surface area contributed by atoms with E-state index in [9.17, 15) is 0 Å². The SMILES string of the molecule is COc1cnc(CC#N)cc1Oc1cc2ccccc2[nH]1. The van der Waals surface area contributed by atoms with E-state index in [1.807, 2.05) is 30.3 Å². The molecule has 0 unspecified atom stereocenters. The third-order valence-electron chi connectivity index (χ3n) is 3.09. The molecule has 0 amide bonds. The van der Waals surface area contributed by atoms with Crippen molar-refractivity contribution in [3.05, 3.63) is 48.3 Å². The maximum atomic E-state index is 8.75. The number of hydrogen-bond donors (Lipinski definition) is 1. The van der Waals surface area contributed by atoms with E-state index in [1.165, 1.54) is 0 Å². The number of aromatic nitrogens is 2. The number of fused-ring (bicyclic) bond motifs is 1. The van der Waals surface area contributed by atoms with Crippen LogP contribution in [0.1, 0.15) is 5.69 Å². The van der Waals surface area contributed by atoms with E-state index in [0.29, 0.717) is 23.1 Å². The summed E-state index contributed by atoms with van der Waals surface area (Å²) in [4.78, 5) is 7.33. The second-order valence-electron chi connectivity index (χ2n) is 4.48. The molecule has 2 heterocycles. The Bertz CT molecular complexity index is 785. The minimum absolute atomic E-state index is 0.229. The van der Waals surface area contributed by atoms with Gasteiger partial charge < -0.3 is 14.5 Å². The topological polar surface area (TPSA) is 70.9 Å². The Hall–Kier alpha value is -3.00. The molecule has 0 atom stereocenters. The number of hydrogen-bond acceptors (Lipinski definition) is 4. The minimum atomic E-state index is 0.229. The van der Waals surface area contributed by atoms with Crippen LogP contribution < -0.4 is 9.47 Å². The Morgan fingerprint density at radius 3 is 2.86 bits per heavy atom. The van der Waals surface area contributed by atoms with Crippen LogP contribution in [0.2, 0.25) is 0 Å². The lowest BCUT2D eigenvalue weighted by molar-refractivity contribution is 0.373. The minimum Gasteiger partial charge on any atom is -0.491 e. The van der Waals surface area contributed by atoms with Crippen LogP contribution in [0.4, 0.5) is 0 Å². The van der Waals surface area contributed by atoms with Crippen molar-refractivity contribution in [2.45, 2.75) is 6.42 Å². The van der Waals surface area contributed by atoms with E-state index >= 15 is 0 Å². The van der Waals surface area contributed by atoms with Gasteiger partial charge in [0.15, 0.2) is 17.4 Å². The Labute approximate surface area is 121 Å². The van der Waals surface area contributed by atoms with E-state index in [4.69, 9.17) is 14.7 Å². The number of pyridine rings is 1. The molecule has 3 aromatic rings. The van der Waals surface area contributed by atoms with Crippen molar-refractivity contribution in [1.29, 1.82) is 5.26 Å². The van der Waals surface area contributed by atoms with Gasteiger partial charge in [0.05, 0.1) is 31.5 Å². The van der Waals surface area contributed by atoms with Crippen molar-refractivity contribution >= 4 is 10.9 Å². The predicted molar refractivity (Wildman–Crippen MR) is 78.5 cm³/mol. The third-order valence-corrected chi connectivity index (χ3v) is 3.09. The molecule has 0 aliphatic rings. The highest BCUT2D eigenvalue weighted by atomic mass is 16.5. The molecular formula is C16H13N3O2. The molecule has 1 N–H and O–H groups in total. The highest BCUT2D eigenvalue weighted by Gasteiger charge is 2.10. The fourth-order valence-corrected chi connectivity index (χ4v) is 2.10. The average Bonchev–Trinajstić information content (AvgIpc) is 2.90. The summed E-state index contributed by atoms with van der Waals surface area (Å²) in [6.45, 7) is 0. The zero-order valence-corrected chi connectivity index (χ0v) is 11.5. The molecule has 1 aromatic carbocycles. The third kappa shape index (κ3) is 2.65. The molecule has 0 fully saturated rings. The monoisotopic (exact) mass is 279 g/mol. The van der Waals surface area contributed by atoms with Gasteiger partial charge in [-0.3, -0.25) is 4.98 Å². The Morgan fingerprint density at radius 1 is 1.24 bits per heavy atom. The number of aromatic amines is 1. The fourth-order valence-electron chi connectivity index (χ4n) is 2.10. The molecular weight excluding hydrogens is 266 g/mol. The van der Waals surface area contributed by atoms with Crippen LogP contribution in [0.5, 0.6) is 17.4 Å². The van der Waals surface area contributed by atoms with E-state index in [2.05, 4.69) is 16.0 Å². The number of nitriles is 1. The summed E-state index contributed by atoms with van der Waals surface area (Å²) in [5.74, 6) is 1.67. The second-order valence-corrected chi connectivity index (χ2v) is 4.48. The maximum Gasteiger partial charge on any atom is 0.198 e. The van der Waals surface area contributed by atoms with Gasteiger partial charge in [0.25, 0.3) is 0 Å². The van der Waals surface area contributed by atoms with Gasteiger partial charge in [-0.25, -0.2) is 0 Å². The van der Waals surface area contributed by atoms with Crippen molar-refractivity contribution in [3.63, 3.8) is 0 Å². The molecule has 0 aliphatic carbocycles. The van der Waals surface area contributed by atoms with Crippen molar-refractivity contribution in [1.82, 2.24) is 9.97 Å². The van der Waals surface area contributed by atoms with E-state index in [1.54, 1.807) is 19.4 Å². The number of nitrogens with one attached hydrogen (secondary N) is 1. The first kappa shape index (κ1) is 13.0. The quantitative estimate of drug-likeness (QED) is 0.794. The van der Waals surface area contributed by atoms with Gasteiger partial charge in [-0.15, -0.1) is 0 Å². The maximum absolute atomic E-state index is 8.75. The highest BCUT2D eigenvalue weighted by Crippen LogP contribution is 2.32. The van der Waals surface area contributed by atoms with Gasteiger partial charge in [0.1, 0.15) is 0 Å². The summed E-state index contributed by atoms with van der Waals surface area (Å²) >= 11 is 0. The normalized spacial score (nSPS) is 10.3. The molecule has 104 valence electrons. The molecule has 21 heavy (non-hydrogen) atoms. The Balaban J connectivity index is 1.95. The van der Waals surface area contributed by atoms with Crippen LogP contribution in [-0.4, -0.2) is 17.1 Å². The van der Waals surface area contributed by atoms with E-state index in [-0.39, 0.29) is 6.42 Å². The van der Waals surface area contributed by atoms with E-state index in [0.717, 1.165) is 10.9 Å². The van der Waals surface area contributed by atoms with Gasteiger partial charge in [0.2, 0.25) is 0 Å².